The number of hydrazone groups is 1. The highest BCUT2D eigenvalue weighted by molar-refractivity contribution is 6.30. The van der Waals surface area contributed by atoms with Gasteiger partial charge in [-0.15, -0.1) is 0 Å². The van der Waals surface area contributed by atoms with Crippen LogP contribution in [-0.2, 0) is 4.79 Å². The summed E-state index contributed by atoms with van der Waals surface area (Å²) < 4.78 is 0. The van der Waals surface area contributed by atoms with Gasteiger partial charge in [-0.3, -0.25) is 4.79 Å². The van der Waals surface area contributed by atoms with Crippen LogP contribution in [0.15, 0.2) is 47.1 Å². The topological polar surface area (TPSA) is 41.5 Å². The fraction of sp³-hybridized carbons (Fsp3) is 0.286. The SMILES string of the molecule is CCC(C)/C=C1\C(=O)NN=C1c1ccccc1. The minimum atomic E-state index is -0.107. The fourth-order valence-electron chi connectivity index (χ4n) is 1.71. The molecule has 0 aromatic heterocycles. The Balaban J connectivity index is 2.35. The number of rotatable bonds is 3. The molecule has 0 spiro atoms. The Morgan fingerprint density at radius 2 is 2.06 bits per heavy atom. The molecule has 1 aliphatic heterocycles. The van der Waals surface area contributed by atoms with Gasteiger partial charge in [0, 0.05) is 5.56 Å². The van der Waals surface area contributed by atoms with Gasteiger partial charge in [-0.25, -0.2) is 5.43 Å². The molecule has 2 rings (SSSR count). The lowest BCUT2D eigenvalue weighted by Gasteiger charge is -2.05. The molecule has 1 atom stereocenters. The van der Waals surface area contributed by atoms with Crippen molar-refractivity contribution in [2.45, 2.75) is 20.3 Å². The Kier molecular flexibility index (Phi) is 3.38. The molecule has 1 aliphatic rings. The molecule has 0 saturated heterocycles. The molecule has 0 radical (unpaired) electrons. The lowest BCUT2D eigenvalue weighted by atomic mass is 9.98. The quantitative estimate of drug-likeness (QED) is 0.793. The van der Waals surface area contributed by atoms with E-state index in [1.807, 2.05) is 36.4 Å². The summed E-state index contributed by atoms with van der Waals surface area (Å²) in [6.45, 7) is 4.20. The lowest BCUT2D eigenvalue weighted by molar-refractivity contribution is -0.116. The Bertz CT molecular complexity index is 474. The molecule has 3 heteroatoms. The Morgan fingerprint density at radius 1 is 1.35 bits per heavy atom. The minimum Gasteiger partial charge on any atom is -0.267 e. The first-order chi connectivity index (χ1) is 8.22. The molecule has 0 aliphatic carbocycles. The second-order valence-electron chi connectivity index (χ2n) is 4.23. The molecular formula is C14H16N2O. The summed E-state index contributed by atoms with van der Waals surface area (Å²) >= 11 is 0. The van der Waals surface area contributed by atoms with E-state index in [4.69, 9.17) is 0 Å². The van der Waals surface area contributed by atoms with Crippen LogP contribution >= 0.6 is 0 Å². The van der Waals surface area contributed by atoms with Crippen molar-refractivity contribution in [2.24, 2.45) is 11.0 Å². The van der Waals surface area contributed by atoms with Crippen molar-refractivity contribution in [2.75, 3.05) is 0 Å². The Morgan fingerprint density at radius 3 is 2.71 bits per heavy atom. The predicted molar refractivity (Wildman–Crippen MR) is 68.7 cm³/mol. The van der Waals surface area contributed by atoms with E-state index >= 15 is 0 Å². The number of hydrogen-bond donors (Lipinski definition) is 1. The van der Waals surface area contributed by atoms with Gasteiger partial charge in [-0.1, -0.05) is 56.7 Å². The Hall–Kier alpha value is -1.90. The van der Waals surface area contributed by atoms with Gasteiger partial charge in [0.05, 0.1) is 5.57 Å². The summed E-state index contributed by atoms with van der Waals surface area (Å²) in [6.07, 6.45) is 3.01. The summed E-state index contributed by atoms with van der Waals surface area (Å²) in [5.74, 6) is 0.270. The molecular weight excluding hydrogens is 212 g/mol. The third-order valence-corrected chi connectivity index (χ3v) is 2.91. The van der Waals surface area contributed by atoms with Crippen LogP contribution in [0.4, 0.5) is 0 Å². The van der Waals surface area contributed by atoms with Crippen LogP contribution in [0, 0.1) is 5.92 Å². The van der Waals surface area contributed by atoms with Crippen LogP contribution < -0.4 is 5.43 Å². The number of hydrogen-bond acceptors (Lipinski definition) is 2. The van der Waals surface area contributed by atoms with E-state index in [0.717, 1.165) is 17.7 Å². The van der Waals surface area contributed by atoms with Gasteiger partial charge < -0.3 is 0 Å². The normalized spacial score (nSPS) is 19.1. The molecule has 0 bridgehead atoms. The predicted octanol–water partition coefficient (Wildman–Crippen LogP) is 2.49. The van der Waals surface area contributed by atoms with Gasteiger partial charge >= 0.3 is 0 Å². The third kappa shape index (κ3) is 2.44. The number of allylic oxidation sites excluding steroid dienone is 1. The van der Waals surface area contributed by atoms with E-state index in [1.165, 1.54) is 0 Å². The number of carbonyl (C=O) groups is 1. The molecule has 0 saturated carbocycles. The zero-order valence-corrected chi connectivity index (χ0v) is 10.1. The molecule has 3 nitrogen and oxygen atoms in total. The monoisotopic (exact) mass is 228 g/mol. The van der Waals surface area contributed by atoms with Crippen LogP contribution in [0.25, 0.3) is 0 Å². The van der Waals surface area contributed by atoms with Crippen molar-refractivity contribution in [1.82, 2.24) is 5.43 Å². The van der Waals surface area contributed by atoms with Crippen LogP contribution in [0.1, 0.15) is 25.8 Å². The highest BCUT2D eigenvalue weighted by Gasteiger charge is 2.23. The van der Waals surface area contributed by atoms with Crippen molar-refractivity contribution >= 4 is 11.6 Å². The molecule has 1 aromatic carbocycles. The number of amides is 1. The average Bonchev–Trinajstić information content (AvgIpc) is 2.72. The van der Waals surface area contributed by atoms with Crippen LogP contribution in [0.3, 0.4) is 0 Å². The van der Waals surface area contributed by atoms with Gasteiger partial charge in [0.2, 0.25) is 0 Å². The van der Waals surface area contributed by atoms with Crippen molar-refractivity contribution in [3.63, 3.8) is 0 Å². The van der Waals surface area contributed by atoms with Gasteiger partial charge in [-0.2, -0.15) is 5.10 Å². The van der Waals surface area contributed by atoms with E-state index in [1.54, 1.807) is 0 Å². The molecule has 17 heavy (non-hydrogen) atoms. The van der Waals surface area contributed by atoms with E-state index in [-0.39, 0.29) is 5.91 Å². The van der Waals surface area contributed by atoms with Gasteiger partial charge in [0.15, 0.2) is 0 Å². The summed E-state index contributed by atoms with van der Waals surface area (Å²) in [7, 11) is 0. The van der Waals surface area contributed by atoms with Crippen LogP contribution in [0.2, 0.25) is 0 Å². The second kappa shape index (κ2) is 4.95. The van der Waals surface area contributed by atoms with E-state index < -0.39 is 0 Å². The van der Waals surface area contributed by atoms with Gasteiger partial charge in [0.1, 0.15) is 5.71 Å². The highest BCUT2D eigenvalue weighted by Crippen LogP contribution is 2.17. The molecule has 1 N–H and O–H groups in total. The van der Waals surface area contributed by atoms with E-state index in [2.05, 4.69) is 24.4 Å². The lowest BCUT2D eigenvalue weighted by Crippen LogP contribution is -2.14. The zero-order valence-electron chi connectivity index (χ0n) is 10.1. The Labute approximate surface area is 101 Å². The first kappa shape index (κ1) is 11.6. The van der Waals surface area contributed by atoms with Crippen molar-refractivity contribution < 1.29 is 4.79 Å². The van der Waals surface area contributed by atoms with Crippen molar-refractivity contribution in [1.29, 1.82) is 0 Å². The number of nitrogens with one attached hydrogen (secondary N) is 1. The molecule has 1 unspecified atom stereocenters. The smallest absolute Gasteiger partial charge is 0.267 e. The molecule has 0 fully saturated rings. The molecule has 1 amide bonds. The number of benzene rings is 1. The summed E-state index contributed by atoms with van der Waals surface area (Å²) in [5.41, 5.74) is 4.93. The molecule has 88 valence electrons. The average molecular weight is 228 g/mol. The summed E-state index contributed by atoms with van der Waals surface area (Å²) in [6, 6.07) is 9.77. The molecule has 1 heterocycles. The number of nitrogens with zero attached hydrogens (tertiary/aromatic N) is 1. The first-order valence-electron chi connectivity index (χ1n) is 5.88. The van der Waals surface area contributed by atoms with Gasteiger partial charge in [0.25, 0.3) is 5.91 Å². The zero-order chi connectivity index (χ0) is 12.3. The summed E-state index contributed by atoms with van der Waals surface area (Å²) in [5, 5.41) is 4.10. The first-order valence-corrected chi connectivity index (χ1v) is 5.88. The standard InChI is InChI=1S/C14H16N2O/c1-3-10(2)9-12-13(15-16-14(12)17)11-7-5-4-6-8-11/h4-10H,3H2,1-2H3,(H,16,17)/b12-9-. The summed E-state index contributed by atoms with van der Waals surface area (Å²) in [4.78, 5) is 11.7. The maximum Gasteiger partial charge on any atom is 0.273 e. The minimum absolute atomic E-state index is 0.107. The van der Waals surface area contributed by atoms with E-state index in [9.17, 15) is 4.79 Å². The van der Waals surface area contributed by atoms with Crippen molar-refractivity contribution in [3.8, 4) is 0 Å². The second-order valence-corrected chi connectivity index (χ2v) is 4.23. The van der Waals surface area contributed by atoms with Crippen LogP contribution in [0.5, 0.6) is 0 Å². The maximum atomic E-state index is 11.7. The largest absolute Gasteiger partial charge is 0.273 e. The molecule has 1 aromatic rings. The van der Waals surface area contributed by atoms with Gasteiger partial charge in [-0.05, 0) is 5.92 Å². The highest BCUT2D eigenvalue weighted by atomic mass is 16.2. The maximum absolute atomic E-state index is 11.7. The number of carbonyl (C=O) groups excluding carboxylic acids is 1. The van der Waals surface area contributed by atoms with E-state index in [0.29, 0.717) is 11.5 Å². The van der Waals surface area contributed by atoms with Crippen LogP contribution in [-0.4, -0.2) is 11.6 Å². The third-order valence-electron chi connectivity index (χ3n) is 2.91. The van der Waals surface area contributed by atoms with Crippen molar-refractivity contribution in [3.05, 3.63) is 47.5 Å². The fourth-order valence-corrected chi connectivity index (χ4v) is 1.71.